The summed E-state index contributed by atoms with van der Waals surface area (Å²) in [6, 6.07) is 0.681. The zero-order chi connectivity index (χ0) is 14.8. The maximum atomic E-state index is 4.74. The molecular formula is C15H28N4S. The Labute approximate surface area is 127 Å². The third-order valence-electron chi connectivity index (χ3n) is 3.82. The van der Waals surface area contributed by atoms with Gasteiger partial charge in [-0.3, -0.25) is 0 Å². The van der Waals surface area contributed by atoms with Crippen molar-refractivity contribution in [3.8, 4) is 0 Å². The molecule has 2 rings (SSSR count). The first-order valence-corrected chi connectivity index (χ1v) is 8.34. The summed E-state index contributed by atoms with van der Waals surface area (Å²) in [5.41, 5.74) is 1.29. The Morgan fingerprint density at radius 1 is 1.50 bits per heavy atom. The quantitative estimate of drug-likeness (QED) is 0.905. The molecule has 1 atom stereocenters. The number of hydrogen-bond donors (Lipinski definition) is 1. The van der Waals surface area contributed by atoms with Crippen molar-refractivity contribution in [2.75, 3.05) is 32.1 Å². The molecule has 1 aromatic rings. The molecule has 5 heteroatoms. The summed E-state index contributed by atoms with van der Waals surface area (Å²) in [6.07, 6.45) is 2.64. The third kappa shape index (κ3) is 4.43. The summed E-state index contributed by atoms with van der Waals surface area (Å²) < 4.78 is 0. The van der Waals surface area contributed by atoms with E-state index in [0.29, 0.717) is 6.04 Å². The molecule has 20 heavy (non-hydrogen) atoms. The van der Waals surface area contributed by atoms with Crippen LogP contribution >= 0.6 is 11.3 Å². The van der Waals surface area contributed by atoms with Crippen molar-refractivity contribution >= 4 is 16.5 Å². The largest absolute Gasteiger partial charge is 0.350 e. The maximum Gasteiger partial charge on any atom is 0.185 e. The standard InChI is InChI=1S/C15H28N4S/c1-15(2,3)16-9-12-11-20-14(17-12)19(5)10-13-7-6-8-18(13)4/h11,13,16H,6-10H2,1-5H3. The van der Waals surface area contributed by atoms with Gasteiger partial charge in [-0.15, -0.1) is 11.3 Å². The van der Waals surface area contributed by atoms with Crippen LogP contribution < -0.4 is 10.2 Å². The van der Waals surface area contributed by atoms with Crippen LogP contribution in [0, 0.1) is 0 Å². The van der Waals surface area contributed by atoms with Crippen molar-refractivity contribution in [1.82, 2.24) is 15.2 Å². The minimum atomic E-state index is 0.141. The van der Waals surface area contributed by atoms with Crippen LogP contribution in [0.15, 0.2) is 5.38 Å². The smallest absolute Gasteiger partial charge is 0.185 e. The molecule has 1 aromatic heterocycles. The second-order valence-corrected chi connectivity index (χ2v) is 7.72. The molecule has 0 bridgehead atoms. The number of thiazole rings is 1. The number of anilines is 1. The lowest BCUT2D eigenvalue weighted by Crippen LogP contribution is -2.36. The molecule has 1 fully saturated rings. The van der Waals surface area contributed by atoms with E-state index in [0.717, 1.165) is 23.9 Å². The molecule has 2 heterocycles. The zero-order valence-electron chi connectivity index (χ0n) is 13.4. The van der Waals surface area contributed by atoms with Crippen molar-refractivity contribution in [2.45, 2.75) is 51.7 Å². The Hall–Kier alpha value is -0.650. The van der Waals surface area contributed by atoms with Crippen LogP contribution in [0.25, 0.3) is 0 Å². The SMILES string of the molecule is CN(CC1CCCN1C)c1nc(CNC(C)(C)C)cs1. The molecule has 0 aromatic carbocycles. The lowest BCUT2D eigenvalue weighted by Gasteiger charge is -2.25. The van der Waals surface area contributed by atoms with E-state index < -0.39 is 0 Å². The van der Waals surface area contributed by atoms with Gasteiger partial charge in [-0.2, -0.15) is 0 Å². The third-order valence-corrected chi connectivity index (χ3v) is 4.83. The first kappa shape index (κ1) is 15.7. The van der Waals surface area contributed by atoms with Crippen LogP contribution in [-0.2, 0) is 6.54 Å². The summed E-state index contributed by atoms with van der Waals surface area (Å²) >= 11 is 1.75. The highest BCUT2D eigenvalue weighted by Crippen LogP contribution is 2.22. The van der Waals surface area contributed by atoms with Crippen molar-refractivity contribution < 1.29 is 0 Å². The molecule has 1 aliphatic heterocycles. The Morgan fingerprint density at radius 2 is 2.25 bits per heavy atom. The Balaban J connectivity index is 1.87. The lowest BCUT2D eigenvalue weighted by molar-refractivity contribution is 0.314. The van der Waals surface area contributed by atoms with E-state index in [2.05, 4.69) is 55.4 Å². The molecule has 4 nitrogen and oxygen atoms in total. The van der Waals surface area contributed by atoms with Gasteiger partial charge in [0.1, 0.15) is 0 Å². The number of nitrogens with zero attached hydrogens (tertiary/aromatic N) is 3. The van der Waals surface area contributed by atoms with Gasteiger partial charge < -0.3 is 15.1 Å². The molecule has 114 valence electrons. The van der Waals surface area contributed by atoms with Crippen LogP contribution in [0.1, 0.15) is 39.3 Å². The maximum absolute atomic E-state index is 4.74. The van der Waals surface area contributed by atoms with Crippen molar-refractivity contribution in [2.24, 2.45) is 0 Å². The van der Waals surface area contributed by atoms with Gasteiger partial charge in [-0.1, -0.05) is 0 Å². The summed E-state index contributed by atoms with van der Waals surface area (Å²) in [6.45, 7) is 9.71. The summed E-state index contributed by atoms with van der Waals surface area (Å²) in [5, 5.41) is 6.79. The van der Waals surface area contributed by atoms with Gasteiger partial charge in [-0.05, 0) is 47.2 Å². The fourth-order valence-electron chi connectivity index (χ4n) is 2.51. The number of likely N-dealkylation sites (tertiary alicyclic amines) is 1. The molecule has 0 aliphatic carbocycles. The molecule has 0 amide bonds. The number of hydrogen-bond acceptors (Lipinski definition) is 5. The molecule has 0 saturated carbocycles. The Bertz CT molecular complexity index is 424. The lowest BCUT2D eigenvalue weighted by atomic mass is 10.1. The second-order valence-electron chi connectivity index (χ2n) is 6.88. The van der Waals surface area contributed by atoms with Gasteiger partial charge in [0.15, 0.2) is 5.13 Å². The number of aromatic nitrogens is 1. The molecule has 0 radical (unpaired) electrons. The Kier molecular flexibility index (Phi) is 5.04. The van der Waals surface area contributed by atoms with Gasteiger partial charge in [0, 0.05) is 37.1 Å². The molecule has 1 aliphatic rings. The average Bonchev–Trinajstić information content (AvgIpc) is 2.96. The van der Waals surface area contributed by atoms with Gasteiger partial charge in [0.05, 0.1) is 5.69 Å². The number of likely N-dealkylation sites (N-methyl/N-ethyl adjacent to an activating group) is 2. The summed E-state index contributed by atoms with van der Waals surface area (Å²) in [7, 11) is 4.39. The minimum absolute atomic E-state index is 0.141. The topological polar surface area (TPSA) is 31.4 Å². The van der Waals surface area contributed by atoms with Crippen molar-refractivity contribution in [1.29, 1.82) is 0 Å². The van der Waals surface area contributed by atoms with Crippen LogP contribution in [0.4, 0.5) is 5.13 Å². The Morgan fingerprint density at radius 3 is 2.85 bits per heavy atom. The molecule has 1 N–H and O–H groups in total. The summed E-state index contributed by atoms with van der Waals surface area (Å²) in [4.78, 5) is 9.51. The van der Waals surface area contributed by atoms with Crippen LogP contribution in [0.5, 0.6) is 0 Å². The molecule has 1 saturated heterocycles. The number of nitrogens with one attached hydrogen (secondary N) is 1. The molecular weight excluding hydrogens is 268 g/mol. The van der Waals surface area contributed by atoms with E-state index in [-0.39, 0.29) is 5.54 Å². The van der Waals surface area contributed by atoms with Crippen LogP contribution in [-0.4, -0.2) is 48.6 Å². The van der Waals surface area contributed by atoms with Gasteiger partial charge in [-0.25, -0.2) is 4.98 Å². The fraction of sp³-hybridized carbons (Fsp3) is 0.800. The van der Waals surface area contributed by atoms with Crippen molar-refractivity contribution in [3.63, 3.8) is 0 Å². The summed E-state index contributed by atoms with van der Waals surface area (Å²) in [5.74, 6) is 0. The van der Waals surface area contributed by atoms with E-state index in [1.54, 1.807) is 11.3 Å². The number of rotatable bonds is 5. The highest BCUT2D eigenvalue weighted by molar-refractivity contribution is 7.13. The van der Waals surface area contributed by atoms with E-state index in [4.69, 9.17) is 4.98 Å². The first-order chi connectivity index (χ1) is 9.35. The van der Waals surface area contributed by atoms with E-state index in [9.17, 15) is 0 Å². The van der Waals surface area contributed by atoms with Gasteiger partial charge in [0.2, 0.25) is 0 Å². The van der Waals surface area contributed by atoms with Crippen LogP contribution in [0.3, 0.4) is 0 Å². The molecule has 1 unspecified atom stereocenters. The zero-order valence-corrected chi connectivity index (χ0v) is 14.3. The highest BCUT2D eigenvalue weighted by Gasteiger charge is 2.23. The molecule has 0 spiro atoms. The van der Waals surface area contributed by atoms with E-state index in [1.807, 2.05) is 0 Å². The second kappa shape index (κ2) is 6.41. The van der Waals surface area contributed by atoms with E-state index in [1.165, 1.54) is 19.4 Å². The van der Waals surface area contributed by atoms with E-state index >= 15 is 0 Å². The highest BCUT2D eigenvalue weighted by atomic mass is 32.1. The predicted molar refractivity (Wildman–Crippen MR) is 87.6 cm³/mol. The first-order valence-electron chi connectivity index (χ1n) is 7.46. The van der Waals surface area contributed by atoms with Gasteiger partial charge >= 0.3 is 0 Å². The fourth-order valence-corrected chi connectivity index (χ4v) is 3.31. The van der Waals surface area contributed by atoms with Crippen LogP contribution in [0.2, 0.25) is 0 Å². The van der Waals surface area contributed by atoms with Gasteiger partial charge in [0.25, 0.3) is 0 Å². The van der Waals surface area contributed by atoms with Crippen molar-refractivity contribution in [3.05, 3.63) is 11.1 Å². The predicted octanol–water partition coefficient (Wildman–Crippen LogP) is 2.56. The average molecular weight is 296 g/mol. The minimum Gasteiger partial charge on any atom is -0.350 e. The normalized spacial score (nSPS) is 20.6. The monoisotopic (exact) mass is 296 g/mol.